The number of carbonyl (C=O) groups is 1. The Kier molecular flexibility index (Phi) is 4.60. The molecule has 5 nitrogen and oxygen atoms in total. The van der Waals surface area contributed by atoms with Gasteiger partial charge < -0.3 is 15.4 Å². The highest BCUT2D eigenvalue weighted by atomic mass is 19.4. The zero-order chi connectivity index (χ0) is 17.0. The molecule has 0 bridgehead atoms. The molecule has 0 atom stereocenters. The number of nitrogens with one attached hydrogen (secondary N) is 2. The zero-order valence-corrected chi connectivity index (χ0v) is 12.0. The van der Waals surface area contributed by atoms with Gasteiger partial charge in [0.2, 0.25) is 5.91 Å². The van der Waals surface area contributed by atoms with Crippen LogP contribution in [0.15, 0.2) is 47.3 Å². The fraction of sp³-hybridized carbons (Fsp3) is 0.200. The maximum Gasteiger partial charge on any atom is 0.573 e. The van der Waals surface area contributed by atoms with Gasteiger partial charge in [-0.15, -0.1) is 13.2 Å². The van der Waals surface area contributed by atoms with E-state index < -0.39 is 6.36 Å². The van der Waals surface area contributed by atoms with E-state index in [-0.39, 0.29) is 18.1 Å². The predicted molar refractivity (Wildman–Crippen MR) is 75.9 cm³/mol. The molecule has 2 N–H and O–H groups in total. The highest BCUT2D eigenvalue weighted by molar-refractivity contribution is 5.85. The lowest BCUT2D eigenvalue weighted by Gasteiger charge is -2.17. The minimum absolute atomic E-state index is 0.0441. The van der Waals surface area contributed by atoms with Crippen molar-refractivity contribution in [3.8, 4) is 11.8 Å². The van der Waals surface area contributed by atoms with Crippen LogP contribution in [0.5, 0.6) is 5.75 Å². The van der Waals surface area contributed by atoms with Gasteiger partial charge in [-0.05, 0) is 36.8 Å². The van der Waals surface area contributed by atoms with Crippen LogP contribution >= 0.6 is 0 Å². The Bertz CT molecular complexity index is 713. The molecule has 0 radical (unpaired) electrons. The van der Waals surface area contributed by atoms with E-state index in [1.807, 2.05) is 6.07 Å². The number of hydrogen-bond donors (Lipinski definition) is 2. The van der Waals surface area contributed by atoms with Gasteiger partial charge in [0.1, 0.15) is 11.8 Å². The first kappa shape index (κ1) is 16.4. The van der Waals surface area contributed by atoms with Crippen molar-refractivity contribution in [3.63, 3.8) is 0 Å². The molecule has 1 heterocycles. The van der Waals surface area contributed by atoms with Crippen LogP contribution in [-0.4, -0.2) is 12.3 Å². The van der Waals surface area contributed by atoms with E-state index in [9.17, 15) is 18.0 Å². The first-order valence-corrected chi connectivity index (χ1v) is 6.51. The second kappa shape index (κ2) is 6.44. The van der Waals surface area contributed by atoms with Gasteiger partial charge in [-0.25, -0.2) is 0 Å². The second-order valence-corrected chi connectivity index (χ2v) is 4.72. The lowest BCUT2D eigenvalue weighted by molar-refractivity contribution is -0.274. The molecule has 0 saturated heterocycles. The largest absolute Gasteiger partial charge is 0.573 e. The predicted octanol–water partition coefficient (Wildman–Crippen LogP) is 3.20. The molecule has 1 aromatic carbocycles. The lowest BCUT2D eigenvalue weighted by Crippen LogP contribution is -2.28. The summed E-state index contributed by atoms with van der Waals surface area (Å²) in [5.41, 5.74) is 1.82. The highest BCUT2D eigenvalue weighted by Crippen LogP contribution is 2.25. The normalized spacial score (nSPS) is 16.8. The highest BCUT2D eigenvalue weighted by Gasteiger charge is 2.30. The van der Waals surface area contributed by atoms with Crippen LogP contribution in [0.1, 0.15) is 13.3 Å². The van der Waals surface area contributed by atoms with Crippen molar-refractivity contribution in [2.75, 3.05) is 5.32 Å². The molecule has 1 aromatic rings. The number of nitriles is 1. The lowest BCUT2D eigenvalue weighted by atomic mass is 9.99. The Hall–Kier alpha value is -2.95. The van der Waals surface area contributed by atoms with Crippen LogP contribution in [0, 0.1) is 11.3 Å². The van der Waals surface area contributed by atoms with Crippen LogP contribution in [0.4, 0.5) is 18.9 Å². The molecule has 0 aromatic heterocycles. The summed E-state index contributed by atoms with van der Waals surface area (Å²) in [6.07, 6.45) is -3.21. The number of nitrogens with zero attached hydrogens (tertiary/aromatic N) is 1. The van der Waals surface area contributed by atoms with E-state index >= 15 is 0 Å². The molecular weight excluding hydrogens is 311 g/mol. The van der Waals surface area contributed by atoms with Crippen molar-refractivity contribution in [2.24, 2.45) is 0 Å². The van der Waals surface area contributed by atoms with Gasteiger partial charge >= 0.3 is 6.36 Å². The van der Waals surface area contributed by atoms with Gasteiger partial charge in [0, 0.05) is 17.6 Å². The van der Waals surface area contributed by atoms with Crippen LogP contribution in [0.2, 0.25) is 0 Å². The topological polar surface area (TPSA) is 74.1 Å². The van der Waals surface area contributed by atoms with Crippen molar-refractivity contribution in [2.45, 2.75) is 19.7 Å². The third-order valence-corrected chi connectivity index (χ3v) is 2.99. The molecule has 0 unspecified atom stereocenters. The van der Waals surface area contributed by atoms with Crippen LogP contribution in [0.25, 0.3) is 0 Å². The Morgan fingerprint density at radius 3 is 2.57 bits per heavy atom. The molecule has 1 amide bonds. The van der Waals surface area contributed by atoms with Gasteiger partial charge in [0.15, 0.2) is 0 Å². The Morgan fingerprint density at radius 2 is 2.00 bits per heavy atom. The molecule has 0 saturated carbocycles. The first-order valence-electron chi connectivity index (χ1n) is 6.51. The average molecular weight is 323 g/mol. The molecule has 0 fully saturated rings. The summed E-state index contributed by atoms with van der Waals surface area (Å²) in [5.74, 6) is -0.565. The van der Waals surface area contributed by atoms with Crippen LogP contribution in [-0.2, 0) is 4.79 Å². The molecule has 2 rings (SSSR count). The summed E-state index contributed by atoms with van der Waals surface area (Å²) in [6.45, 7) is 1.62. The van der Waals surface area contributed by atoms with Crippen molar-refractivity contribution in [3.05, 3.63) is 47.3 Å². The molecule has 23 heavy (non-hydrogen) atoms. The van der Waals surface area contributed by atoms with E-state index in [0.29, 0.717) is 22.5 Å². The third-order valence-electron chi connectivity index (χ3n) is 2.99. The van der Waals surface area contributed by atoms with E-state index in [2.05, 4.69) is 15.4 Å². The number of anilines is 1. The molecular formula is C15H12F3N3O2. The molecule has 0 spiro atoms. The van der Waals surface area contributed by atoms with Gasteiger partial charge in [-0.3, -0.25) is 4.79 Å². The Morgan fingerprint density at radius 1 is 1.35 bits per heavy atom. The summed E-state index contributed by atoms with van der Waals surface area (Å²) < 4.78 is 40.0. The number of rotatable bonds is 3. The summed E-state index contributed by atoms with van der Waals surface area (Å²) in [5, 5.41) is 14.5. The molecule has 1 aliphatic heterocycles. The monoisotopic (exact) mass is 323 g/mol. The number of allylic oxidation sites excluding steroid dienone is 2. The number of hydrogen-bond acceptors (Lipinski definition) is 4. The van der Waals surface area contributed by atoms with E-state index in [1.165, 1.54) is 18.3 Å². The second-order valence-electron chi connectivity index (χ2n) is 4.72. The number of halogens is 3. The Balaban J connectivity index is 2.12. The van der Waals surface area contributed by atoms with Gasteiger partial charge in [0.25, 0.3) is 0 Å². The fourth-order valence-electron chi connectivity index (χ4n) is 2.02. The summed E-state index contributed by atoms with van der Waals surface area (Å²) in [7, 11) is 0. The van der Waals surface area contributed by atoms with Gasteiger partial charge in [0.05, 0.1) is 12.0 Å². The molecule has 120 valence electrons. The zero-order valence-electron chi connectivity index (χ0n) is 12.0. The van der Waals surface area contributed by atoms with Gasteiger partial charge in [-0.2, -0.15) is 5.26 Å². The number of carbonyl (C=O) groups excluding carboxylic acids is 1. The summed E-state index contributed by atoms with van der Waals surface area (Å²) >= 11 is 0. The van der Waals surface area contributed by atoms with E-state index in [1.54, 1.807) is 6.92 Å². The van der Waals surface area contributed by atoms with Crippen LogP contribution in [0.3, 0.4) is 0 Å². The van der Waals surface area contributed by atoms with Crippen molar-refractivity contribution >= 4 is 11.6 Å². The third kappa shape index (κ3) is 4.51. The Labute approximate surface area is 130 Å². The number of alkyl halides is 3. The molecule has 1 aliphatic rings. The van der Waals surface area contributed by atoms with E-state index in [4.69, 9.17) is 5.26 Å². The van der Waals surface area contributed by atoms with E-state index in [0.717, 1.165) is 12.1 Å². The average Bonchev–Trinajstić information content (AvgIpc) is 2.44. The van der Waals surface area contributed by atoms with Crippen molar-refractivity contribution in [1.82, 2.24) is 5.32 Å². The SMILES string of the molecule is CC1=C(C#N)C(=CNc2ccc(OC(F)(F)F)cc2)CC(=O)N1. The minimum Gasteiger partial charge on any atom is -0.406 e. The maximum atomic E-state index is 12.1. The smallest absolute Gasteiger partial charge is 0.406 e. The standard InChI is InChI=1S/C15H12F3N3O2/c1-9-13(7-19)10(6-14(22)21-9)8-20-11-2-4-12(5-3-11)23-15(16,17)18/h2-5,8,20H,6H2,1H3,(H,21,22). The fourth-order valence-corrected chi connectivity index (χ4v) is 2.02. The maximum absolute atomic E-state index is 12.1. The van der Waals surface area contributed by atoms with Crippen molar-refractivity contribution < 1.29 is 22.7 Å². The van der Waals surface area contributed by atoms with Crippen LogP contribution < -0.4 is 15.4 Å². The molecule has 8 heteroatoms. The summed E-state index contributed by atoms with van der Waals surface area (Å²) in [6, 6.07) is 7.11. The number of amides is 1. The van der Waals surface area contributed by atoms with Crippen molar-refractivity contribution in [1.29, 1.82) is 5.26 Å². The first-order chi connectivity index (χ1) is 10.8. The number of ether oxygens (including phenoxy) is 1. The quantitative estimate of drug-likeness (QED) is 0.896. The summed E-state index contributed by atoms with van der Waals surface area (Å²) in [4.78, 5) is 11.5. The number of benzene rings is 1. The minimum atomic E-state index is -4.74. The van der Waals surface area contributed by atoms with Gasteiger partial charge in [-0.1, -0.05) is 0 Å². The molecule has 0 aliphatic carbocycles.